The van der Waals surface area contributed by atoms with E-state index < -0.39 is 23.3 Å². The highest BCUT2D eigenvalue weighted by atomic mass is 19.1. The summed E-state index contributed by atoms with van der Waals surface area (Å²) in [5, 5.41) is 36.6. The monoisotopic (exact) mass is 447 g/mol. The van der Waals surface area contributed by atoms with Gasteiger partial charge in [-0.3, -0.25) is 10.1 Å². The van der Waals surface area contributed by atoms with Crippen LogP contribution in [0.4, 0.5) is 33.1 Å². The molecule has 0 saturated carbocycles. The quantitative estimate of drug-likeness (QED) is 0.340. The summed E-state index contributed by atoms with van der Waals surface area (Å²) in [6.07, 6.45) is -0.671. The van der Waals surface area contributed by atoms with Gasteiger partial charge in [0, 0.05) is 30.5 Å². The van der Waals surface area contributed by atoms with Crippen LogP contribution in [0.1, 0.15) is 26.7 Å². The van der Waals surface area contributed by atoms with E-state index in [0.717, 1.165) is 5.69 Å². The molecule has 0 spiro atoms. The van der Waals surface area contributed by atoms with Gasteiger partial charge in [-0.05, 0) is 49.1 Å². The van der Waals surface area contributed by atoms with E-state index in [1.165, 1.54) is 6.07 Å². The predicted octanol–water partition coefficient (Wildman–Crippen LogP) is 3.46. The molecule has 1 aliphatic heterocycles. The zero-order chi connectivity index (χ0) is 23.3. The van der Waals surface area contributed by atoms with Gasteiger partial charge < -0.3 is 25.7 Å². The molecule has 0 amide bonds. The Morgan fingerprint density at radius 2 is 2.00 bits per heavy atom. The van der Waals surface area contributed by atoms with Crippen molar-refractivity contribution in [2.75, 3.05) is 41.8 Å². The number of aliphatic hydroxyl groups is 2. The summed E-state index contributed by atoms with van der Waals surface area (Å²) in [5.74, 6) is 1.06. The number of rotatable bonds is 9. The molecule has 2 heterocycles. The Kier molecular flexibility index (Phi) is 7.47. The second-order valence-electron chi connectivity index (χ2n) is 8.53. The van der Waals surface area contributed by atoms with Crippen LogP contribution in [0.3, 0.4) is 0 Å². The smallest absolute Gasteiger partial charge is 0.311 e. The summed E-state index contributed by atoms with van der Waals surface area (Å²) in [5.41, 5.74) is -0.639. The molecule has 0 radical (unpaired) electrons. The molecule has 174 valence electrons. The van der Waals surface area contributed by atoms with Crippen molar-refractivity contribution in [2.45, 2.75) is 38.5 Å². The molecule has 4 N–H and O–H groups in total. The maximum absolute atomic E-state index is 15.0. The molecule has 0 aliphatic carbocycles. The lowest BCUT2D eigenvalue weighted by molar-refractivity contribution is -0.384. The number of aliphatic hydroxyl groups excluding tert-OH is 2. The molecule has 2 aromatic rings. The van der Waals surface area contributed by atoms with Crippen LogP contribution in [0.25, 0.3) is 0 Å². The first-order valence-electron chi connectivity index (χ1n) is 10.7. The minimum atomic E-state index is -1.86. The summed E-state index contributed by atoms with van der Waals surface area (Å²) >= 11 is 0. The summed E-state index contributed by atoms with van der Waals surface area (Å²) in [6, 6.07) is 10.0. The fraction of sp³-hybridized carbons (Fsp3) is 0.500. The number of nitro groups is 1. The molecular weight excluding hydrogens is 417 g/mol. The Balaban J connectivity index is 1.75. The molecule has 2 unspecified atom stereocenters. The lowest BCUT2D eigenvalue weighted by Gasteiger charge is -2.40. The van der Waals surface area contributed by atoms with E-state index in [-0.39, 0.29) is 24.5 Å². The number of halogens is 1. The Bertz CT molecular complexity index is 927. The number of piperidine rings is 1. The van der Waals surface area contributed by atoms with Gasteiger partial charge in [0.05, 0.1) is 18.1 Å². The zero-order valence-electron chi connectivity index (χ0n) is 18.3. The van der Waals surface area contributed by atoms with Crippen molar-refractivity contribution < 1.29 is 19.5 Å². The molecule has 1 aliphatic rings. The highest BCUT2D eigenvalue weighted by molar-refractivity contribution is 5.69. The third-order valence-electron chi connectivity index (χ3n) is 5.50. The first-order valence-corrected chi connectivity index (χ1v) is 10.7. The molecule has 10 heteroatoms. The van der Waals surface area contributed by atoms with Crippen LogP contribution < -0.4 is 15.5 Å². The van der Waals surface area contributed by atoms with Gasteiger partial charge in [-0.1, -0.05) is 13.8 Å². The second kappa shape index (κ2) is 10.1. The van der Waals surface area contributed by atoms with Crippen LogP contribution in [0.2, 0.25) is 0 Å². The highest BCUT2D eigenvalue weighted by Crippen LogP contribution is 2.33. The number of alkyl halides is 1. The average Bonchev–Trinajstić information content (AvgIpc) is 2.77. The van der Waals surface area contributed by atoms with Crippen molar-refractivity contribution in [2.24, 2.45) is 5.92 Å². The van der Waals surface area contributed by atoms with Gasteiger partial charge in [0.25, 0.3) is 0 Å². The van der Waals surface area contributed by atoms with Gasteiger partial charge in [0.15, 0.2) is 5.67 Å². The molecule has 1 aromatic carbocycles. The van der Waals surface area contributed by atoms with Gasteiger partial charge in [-0.15, -0.1) is 0 Å². The maximum atomic E-state index is 15.0. The van der Waals surface area contributed by atoms with E-state index in [1.807, 2.05) is 4.90 Å². The highest BCUT2D eigenvalue weighted by Gasteiger charge is 2.41. The van der Waals surface area contributed by atoms with Gasteiger partial charge in [-0.2, -0.15) is 0 Å². The number of aromatic nitrogens is 1. The lowest BCUT2D eigenvalue weighted by Crippen LogP contribution is -2.53. The van der Waals surface area contributed by atoms with Crippen molar-refractivity contribution in [3.63, 3.8) is 0 Å². The van der Waals surface area contributed by atoms with Crippen LogP contribution >= 0.6 is 0 Å². The Hall–Kier alpha value is -2.98. The van der Waals surface area contributed by atoms with Crippen LogP contribution in [0.15, 0.2) is 36.4 Å². The van der Waals surface area contributed by atoms with E-state index in [9.17, 15) is 19.6 Å². The van der Waals surface area contributed by atoms with Gasteiger partial charge in [-0.25, -0.2) is 9.37 Å². The molecule has 0 bridgehead atoms. The van der Waals surface area contributed by atoms with Crippen molar-refractivity contribution in [1.29, 1.82) is 0 Å². The molecule has 1 fully saturated rings. The minimum Gasteiger partial charge on any atom is -0.394 e. The van der Waals surface area contributed by atoms with Gasteiger partial charge in [0.1, 0.15) is 11.9 Å². The zero-order valence-corrected chi connectivity index (χ0v) is 18.3. The predicted molar refractivity (Wildman–Crippen MR) is 122 cm³/mol. The Labute approximate surface area is 186 Å². The fourth-order valence-electron chi connectivity index (χ4n) is 3.69. The lowest BCUT2D eigenvalue weighted by atomic mass is 9.89. The summed E-state index contributed by atoms with van der Waals surface area (Å²) in [7, 11) is 0. The summed E-state index contributed by atoms with van der Waals surface area (Å²) in [4.78, 5) is 17.1. The number of hydrogen-bond donors (Lipinski definition) is 4. The molecular formula is C22H30FN5O4. The molecule has 9 nitrogen and oxygen atoms in total. The van der Waals surface area contributed by atoms with Crippen LogP contribution in [0.5, 0.6) is 0 Å². The van der Waals surface area contributed by atoms with Gasteiger partial charge in [0.2, 0.25) is 5.82 Å². The maximum Gasteiger partial charge on any atom is 0.311 e. The molecule has 1 saturated heterocycles. The van der Waals surface area contributed by atoms with Crippen molar-refractivity contribution >= 4 is 28.7 Å². The SMILES string of the molecule is CC(C)CNc1ccc([N+](=O)[O-])c(Nc2ccc(N3CCCC(F)(C(O)CO)C3)cc2)n1. The Morgan fingerprint density at radius 3 is 2.62 bits per heavy atom. The van der Waals surface area contributed by atoms with Crippen molar-refractivity contribution in [1.82, 2.24) is 4.98 Å². The molecule has 3 rings (SSSR count). The average molecular weight is 448 g/mol. The number of benzene rings is 1. The third-order valence-corrected chi connectivity index (χ3v) is 5.50. The topological polar surface area (TPSA) is 124 Å². The summed E-state index contributed by atoms with van der Waals surface area (Å²) in [6.45, 7) is 4.79. The number of nitrogens with one attached hydrogen (secondary N) is 2. The number of pyridine rings is 1. The normalized spacial score (nSPS) is 19.6. The minimum absolute atomic E-state index is 0.0158. The van der Waals surface area contributed by atoms with Crippen molar-refractivity contribution in [3.8, 4) is 0 Å². The third kappa shape index (κ3) is 5.63. The fourth-order valence-corrected chi connectivity index (χ4v) is 3.69. The van der Waals surface area contributed by atoms with Crippen LogP contribution in [-0.2, 0) is 0 Å². The largest absolute Gasteiger partial charge is 0.394 e. The number of anilines is 4. The van der Waals surface area contributed by atoms with E-state index in [4.69, 9.17) is 5.11 Å². The molecule has 1 aromatic heterocycles. The Morgan fingerprint density at radius 1 is 1.28 bits per heavy atom. The number of hydrogen-bond acceptors (Lipinski definition) is 8. The van der Waals surface area contributed by atoms with E-state index in [2.05, 4.69) is 29.5 Å². The number of nitrogens with zero attached hydrogens (tertiary/aromatic N) is 3. The first-order chi connectivity index (χ1) is 15.2. The van der Waals surface area contributed by atoms with E-state index in [1.54, 1.807) is 30.3 Å². The molecule has 32 heavy (non-hydrogen) atoms. The van der Waals surface area contributed by atoms with Crippen LogP contribution in [-0.4, -0.2) is 58.1 Å². The second-order valence-corrected chi connectivity index (χ2v) is 8.53. The molecule has 2 atom stereocenters. The van der Waals surface area contributed by atoms with Gasteiger partial charge >= 0.3 is 5.69 Å². The van der Waals surface area contributed by atoms with Crippen molar-refractivity contribution in [3.05, 3.63) is 46.5 Å². The van der Waals surface area contributed by atoms with E-state index in [0.29, 0.717) is 36.9 Å². The first kappa shape index (κ1) is 23.7. The van der Waals surface area contributed by atoms with E-state index >= 15 is 0 Å². The standard InChI is InChI=1S/C22H30FN5O4/c1-15(2)12-24-20-9-8-18(28(31)32)21(26-20)25-16-4-6-17(7-5-16)27-11-3-10-22(23,14-27)19(30)13-29/h4-9,15,19,29-30H,3,10-14H2,1-2H3,(H2,24,25,26). The van der Waals surface area contributed by atoms with Crippen LogP contribution in [0, 0.1) is 16.0 Å². The summed E-state index contributed by atoms with van der Waals surface area (Å²) < 4.78 is 15.0.